The summed E-state index contributed by atoms with van der Waals surface area (Å²) in [5.41, 5.74) is 3.01. The minimum absolute atomic E-state index is 0.0610. The van der Waals surface area contributed by atoms with Gasteiger partial charge in [0.15, 0.2) is 0 Å². The second-order valence-corrected chi connectivity index (χ2v) is 6.81. The van der Waals surface area contributed by atoms with Crippen LogP contribution in [-0.2, 0) is 11.2 Å². The Morgan fingerprint density at radius 2 is 2.04 bits per heavy atom. The van der Waals surface area contributed by atoms with Gasteiger partial charge in [-0.1, -0.05) is 46.3 Å². The zero-order chi connectivity index (χ0) is 16.2. The predicted molar refractivity (Wildman–Crippen MR) is 94.7 cm³/mol. The predicted octanol–water partition coefficient (Wildman–Crippen LogP) is 3.84. The van der Waals surface area contributed by atoms with Crippen LogP contribution in [0.3, 0.4) is 0 Å². The van der Waals surface area contributed by atoms with Crippen molar-refractivity contribution in [3.63, 3.8) is 0 Å². The topological polar surface area (TPSA) is 29.5 Å². The highest BCUT2D eigenvalue weighted by molar-refractivity contribution is 9.10. The van der Waals surface area contributed by atoms with Crippen LogP contribution in [-0.4, -0.2) is 36.6 Å². The number of rotatable bonds is 3. The minimum atomic E-state index is 0.0610. The molecule has 0 aromatic heterocycles. The zero-order valence-electron chi connectivity index (χ0n) is 13.2. The van der Waals surface area contributed by atoms with Gasteiger partial charge in [0.05, 0.1) is 12.7 Å². The second kappa shape index (κ2) is 7.28. The van der Waals surface area contributed by atoms with E-state index < -0.39 is 0 Å². The van der Waals surface area contributed by atoms with Crippen molar-refractivity contribution >= 4 is 21.8 Å². The first-order valence-corrected chi connectivity index (χ1v) is 8.64. The Bertz CT molecular complexity index is 687. The molecule has 1 atom stereocenters. The summed E-state index contributed by atoms with van der Waals surface area (Å²) in [6.45, 7) is 3.86. The van der Waals surface area contributed by atoms with E-state index in [1.807, 2.05) is 48.2 Å². The fraction of sp³-hybridized carbons (Fsp3) is 0.316. The lowest BCUT2D eigenvalue weighted by Crippen LogP contribution is -2.46. The number of amides is 1. The Balaban J connectivity index is 1.69. The number of benzene rings is 2. The molecule has 23 heavy (non-hydrogen) atoms. The number of hydrogen-bond donors (Lipinski definition) is 0. The Kier molecular flexibility index (Phi) is 5.13. The molecule has 3 rings (SSSR count). The lowest BCUT2D eigenvalue weighted by atomic mass is 10.0. The third-order valence-electron chi connectivity index (χ3n) is 4.15. The molecule has 1 heterocycles. The minimum Gasteiger partial charge on any atom is -0.374 e. The van der Waals surface area contributed by atoms with Crippen LogP contribution in [0.15, 0.2) is 53.0 Å². The second-order valence-electron chi connectivity index (χ2n) is 5.89. The molecule has 1 amide bonds. The first-order chi connectivity index (χ1) is 11.1. The zero-order valence-corrected chi connectivity index (χ0v) is 14.8. The van der Waals surface area contributed by atoms with E-state index in [4.69, 9.17) is 4.74 Å². The number of nitrogens with zero attached hydrogens (tertiary/aromatic N) is 1. The van der Waals surface area contributed by atoms with E-state index in [9.17, 15) is 4.79 Å². The summed E-state index contributed by atoms with van der Waals surface area (Å²) in [6.07, 6.45) is 0.898. The monoisotopic (exact) mass is 373 g/mol. The van der Waals surface area contributed by atoms with E-state index in [0.29, 0.717) is 19.7 Å². The largest absolute Gasteiger partial charge is 0.374 e. The summed E-state index contributed by atoms with van der Waals surface area (Å²) >= 11 is 3.44. The molecule has 0 radical (unpaired) electrons. The Labute approximate surface area is 145 Å². The van der Waals surface area contributed by atoms with Gasteiger partial charge in [-0.05, 0) is 36.2 Å². The molecule has 2 aromatic carbocycles. The Hall–Kier alpha value is -1.65. The number of halogens is 1. The third kappa shape index (κ3) is 4.01. The summed E-state index contributed by atoms with van der Waals surface area (Å²) in [5, 5.41) is 0. The fourth-order valence-corrected chi connectivity index (χ4v) is 3.42. The van der Waals surface area contributed by atoms with Gasteiger partial charge in [0.25, 0.3) is 5.91 Å². The van der Waals surface area contributed by atoms with Crippen molar-refractivity contribution < 1.29 is 9.53 Å². The van der Waals surface area contributed by atoms with E-state index in [1.165, 1.54) is 5.56 Å². The molecule has 2 aromatic rings. The molecule has 1 saturated heterocycles. The van der Waals surface area contributed by atoms with Crippen molar-refractivity contribution in [3.05, 3.63) is 69.7 Å². The molecular formula is C19H20BrNO2. The number of aryl methyl sites for hydroxylation is 1. The number of carbonyl (C=O) groups excluding carboxylic acids is 1. The Morgan fingerprint density at radius 3 is 2.78 bits per heavy atom. The van der Waals surface area contributed by atoms with Crippen molar-refractivity contribution in [2.45, 2.75) is 19.4 Å². The average molecular weight is 374 g/mol. The maximum Gasteiger partial charge on any atom is 0.254 e. The lowest BCUT2D eigenvalue weighted by molar-refractivity contribution is -0.0208. The molecule has 1 unspecified atom stereocenters. The molecular weight excluding hydrogens is 354 g/mol. The van der Waals surface area contributed by atoms with Crippen LogP contribution in [0.5, 0.6) is 0 Å². The van der Waals surface area contributed by atoms with Gasteiger partial charge in [0.2, 0.25) is 0 Å². The summed E-state index contributed by atoms with van der Waals surface area (Å²) in [5.74, 6) is 0.0939. The average Bonchev–Trinajstić information content (AvgIpc) is 2.55. The lowest BCUT2D eigenvalue weighted by Gasteiger charge is -2.33. The maximum absolute atomic E-state index is 12.8. The molecule has 0 N–H and O–H groups in total. The van der Waals surface area contributed by atoms with Gasteiger partial charge in [-0.3, -0.25) is 4.79 Å². The highest BCUT2D eigenvalue weighted by Gasteiger charge is 2.26. The van der Waals surface area contributed by atoms with Gasteiger partial charge >= 0.3 is 0 Å². The Morgan fingerprint density at radius 1 is 1.26 bits per heavy atom. The smallest absolute Gasteiger partial charge is 0.254 e. The van der Waals surface area contributed by atoms with E-state index in [-0.39, 0.29) is 12.0 Å². The van der Waals surface area contributed by atoms with E-state index >= 15 is 0 Å². The van der Waals surface area contributed by atoms with Crippen LogP contribution in [0, 0.1) is 6.92 Å². The fourth-order valence-electron chi connectivity index (χ4n) is 2.94. The van der Waals surface area contributed by atoms with Crippen LogP contribution >= 0.6 is 15.9 Å². The van der Waals surface area contributed by atoms with Crippen LogP contribution in [0.25, 0.3) is 0 Å². The molecule has 1 aliphatic heterocycles. The van der Waals surface area contributed by atoms with Gasteiger partial charge in [-0.15, -0.1) is 0 Å². The maximum atomic E-state index is 12.8. The molecule has 0 bridgehead atoms. The van der Waals surface area contributed by atoms with Crippen LogP contribution in [0.2, 0.25) is 0 Å². The molecule has 0 saturated carbocycles. The molecule has 0 aliphatic carbocycles. The molecule has 1 aliphatic rings. The molecule has 1 fully saturated rings. The quantitative estimate of drug-likeness (QED) is 0.817. The van der Waals surface area contributed by atoms with Gasteiger partial charge in [0.1, 0.15) is 0 Å². The van der Waals surface area contributed by atoms with Crippen molar-refractivity contribution in [2.24, 2.45) is 0 Å². The number of morpholine rings is 1. The third-order valence-corrected chi connectivity index (χ3v) is 4.64. The number of ether oxygens (including phenoxy) is 1. The number of hydrogen-bond acceptors (Lipinski definition) is 2. The van der Waals surface area contributed by atoms with Crippen LogP contribution < -0.4 is 0 Å². The van der Waals surface area contributed by atoms with Crippen molar-refractivity contribution in [1.82, 2.24) is 4.90 Å². The van der Waals surface area contributed by atoms with E-state index in [2.05, 4.69) is 28.1 Å². The van der Waals surface area contributed by atoms with Crippen molar-refractivity contribution in [2.75, 3.05) is 19.7 Å². The standard InChI is InChI=1S/C19H20BrNO2/c1-14-11-16(20)7-8-18(14)19(22)21-9-10-23-17(13-21)12-15-5-3-2-4-6-15/h2-8,11,17H,9-10,12-13H2,1H3. The first kappa shape index (κ1) is 16.2. The molecule has 4 heteroatoms. The highest BCUT2D eigenvalue weighted by Crippen LogP contribution is 2.19. The van der Waals surface area contributed by atoms with Gasteiger partial charge in [0, 0.05) is 29.5 Å². The summed E-state index contributed by atoms with van der Waals surface area (Å²) < 4.78 is 6.84. The van der Waals surface area contributed by atoms with Gasteiger partial charge < -0.3 is 9.64 Å². The molecule has 3 nitrogen and oxygen atoms in total. The first-order valence-electron chi connectivity index (χ1n) is 7.84. The summed E-state index contributed by atoms with van der Waals surface area (Å²) in [4.78, 5) is 14.7. The normalized spacial score (nSPS) is 18.0. The summed E-state index contributed by atoms with van der Waals surface area (Å²) in [6, 6.07) is 16.1. The van der Waals surface area contributed by atoms with E-state index in [1.54, 1.807) is 0 Å². The van der Waals surface area contributed by atoms with Crippen molar-refractivity contribution in [3.8, 4) is 0 Å². The van der Waals surface area contributed by atoms with Gasteiger partial charge in [-0.25, -0.2) is 0 Å². The number of carbonyl (C=O) groups is 1. The molecule has 120 valence electrons. The van der Waals surface area contributed by atoms with Gasteiger partial charge in [-0.2, -0.15) is 0 Å². The summed E-state index contributed by atoms with van der Waals surface area (Å²) in [7, 11) is 0. The SMILES string of the molecule is Cc1cc(Br)ccc1C(=O)N1CCOC(Cc2ccccc2)C1. The molecule has 0 spiro atoms. The van der Waals surface area contributed by atoms with Crippen LogP contribution in [0.4, 0.5) is 0 Å². The van der Waals surface area contributed by atoms with E-state index in [0.717, 1.165) is 22.0 Å². The van der Waals surface area contributed by atoms with Crippen molar-refractivity contribution in [1.29, 1.82) is 0 Å². The highest BCUT2D eigenvalue weighted by atomic mass is 79.9. The van der Waals surface area contributed by atoms with Crippen LogP contribution in [0.1, 0.15) is 21.5 Å².